The molecule has 0 radical (unpaired) electrons. The molecule has 0 fully saturated rings. The van der Waals surface area contributed by atoms with Crippen molar-refractivity contribution in [2.75, 3.05) is 11.1 Å². The third kappa shape index (κ3) is 4.85. The fraction of sp³-hybridized carbons (Fsp3) is 0.143. The molecule has 0 atom stereocenters. The van der Waals surface area contributed by atoms with Crippen molar-refractivity contribution in [3.8, 4) is 5.88 Å². The maximum atomic E-state index is 11.2. The number of anilines is 1. The third-order valence-corrected chi connectivity index (χ3v) is 3.60. The minimum atomic E-state index is -0.470. The molecule has 0 aliphatic rings. The van der Waals surface area contributed by atoms with Crippen LogP contribution in [-0.4, -0.2) is 37.7 Å². The number of amides is 1. The van der Waals surface area contributed by atoms with Gasteiger partial charge in [0.1, 0.15) is 0 Å². The summed E-state index contributed by atoms with van der Waals surface area (Å²) in [4.78, 5) is 28.4. The predicted molar refractivity (Wildman–Crippen MR) is 86.3 cm³/mol. The van der Waals surface area contributed by atoms with Gasteiger partial charge in [-0.2, -0.15) is 4.98 Å². The first kappa shape index (κ1) is 16.6. The first-order valence-electron chi connectivity index (χ1n) is 6.50. The second kappa shape index (κ2) is 7.45. The zero-order valence-corrected chi connectivity index (χ0v) is 12.9. The van der Waals surface area contributed by atoms with Crippen molar-refractivity contribution in [3.63, 3.8) is 0 Å². The smallest absolute Gasteiger partial charge is 0.255 e. The van der Waals surface area contributed by atoms with E-state index >= 15 is 0 Å². The number of carbonyl (C=O) groups excluding carboxylic acids is 1. The average Bonchev–Trinajstić information content (AvgIpc) is 2.48. The van der Waals surface area contributed by atoms with Crippen molar-refractivity contribution >= 4 is 29.1 Å². The summed E-state index contributed by atoms with van der Waals surface area (Å²) in [5, 5.41) is 24.5. The number of thioether (sulfide) groups is 1. The maximum absolute atomic E-state index is 11.2. The van der Waals surface area contributed by atoms with Gasteiger partial charge in [-0.25, -0.2) is 0 Å². The number of aromatic nitrogens is 2. The summed E-state index contributed by atoms with van der Waals surface area (Å²) in [5.74, 6) is -0.329. The molecular weight excluding hydrogens is 320 g/mol. The summed E-state index contributed by atoms with van der Waals surface area (Å²) in [6, 6.07) is 7.72. The molecule has 23 heavy (non-hydrogen) atoms. The van der Waals surface area contributed by atoms with Gasteiger partial charge in [-0.15, -0.1) is 0 Å². The van der Waals surface area contributed by atoms with Crippen LogP contribution in [0.25, 0.3) is 0 Å². The van der Waals surface area contributed by atoms with E-state index in [1.807, 2.05) is 0 Å². The molecule has 2 rings (SSSR count). The van der Waals surface area contributed by atoms with E-state index in [1.165, 1.54) is 6.92 Å². The van der Waals surface area contributed by atoms with Gasteiger partial charge < -0.3 is 20.6 Å². The van der Waals surface area contributed by atoms with Gasteiger partial charge in [-0.1, -0.05) is 29.1 Å². The van der Waals surface area contributed by atoms with Crippen molar-refractivity contribution < 1.29 is 15.1 Å². The standard InChI is InChI=1S/C14H14N4O4S/c1-8(19)15-10-4-2-9(3-5-10)11(18-22)7-23-14-16-12(20)6-13(21)17-14/h2-6,22H,7H2,1H3,(H,15,19)(H2,16,17,20,21)/b18-11-. The van der Waals surface area contributed by atoms with Crippen LogP contribution in [0, 0.1) is 0 Å². The van der Waals surface area contributed by atoms with E-state index in [2.05, 4.69) is 20.4 Å². The summed E-state index contributed by atoms with van der Waals surface area (Å²) >= 11 is 1.10. The number of H-pyrrole nitrogens is 1. The van der Waals surface area contributed by atoms with Crippen molar-refractivity contribution in [3.05, 3.63) is 46.2 Å². The molecule has 0 bridgehead atoms. The van der Waals surface area contributed by atoms with Crippen LogP contribution < -0.4 is 10.9 Å². The quantitative estimate of drug-likeness (QED) is 0.215. The fourth-order valence-electron chi connectivity index (χ4n) is 1.75. The summed E-state index contributed by atoms with van der Waals surface area (Å²) in [5.41, 5.74) is 1.17. The SMILES string of the molecule is CC(=O)Nc1ccc(/C(CSc2nc(O)cc(=O)[nH]2)=N\O)cc1. The predicted octanol–water partition coefficient (Wildman–Crippen LogP) is 1.40. The Hall–Kier alpha value is -2.81. The highest BCUT2D eigenvalue weighted by Crippen LogP contribution is 2.17. The van der Waals surface area contributed by atoms with Crippen LogP contribution in [0.3, 0.4) is 0 Å². The zero-order valence-electron chi connectivity index (χ0n) is 12.1. The Kier molecular flexibility index (Phi) is 5.36. The van der Waals surface area contributed by atoms with Gasteiger partial charge in [0, 0.05) is 23.9 Å². The maximum Gasteiger partial charge on any atom is 0.255 e. The molecule has 4 N–H and O–H groups in total. The molecule has 0 saturated heterocycles. The van der Waals surface area contributed by atoms with Gasteiger partial charge in [0.05, 0.1) is 11.8 Å². The number of hydrogen-bond acceptors (Lipinski definition) is 7. The first-order valence-corrected chi connectivity index (χ1v) is 7.48. The van der Waals surface area contributed by atoms with Crippen LogP contribution in [0.5, 0.6) is 5.88 Å². The molecule has 9 heteroatoms. The van der Waals surface area contributed by atoms with Crippen LogP contribution in [0.15, 0.2) is 45.4 Å². The summed E-state index contributed by atoms with van der Waals surface area (Å²) in [6.45, 7) is 1.41. The van der Waals surface area contributed by atoms with E-state index in [0.717, 1.165) is 17.8 Å². The van der Waals surface area contributed by atoms with Crippen molar-refractivity contribution in [1.82, 2.24) is 9.97 Å². The number of hydrogen-bond donors (Lipinski definition) is 4. The van der Waals surface area contributed by atoms with Crippen LogP contribution in [0.1, 0.15) is 12.5 Å². The first-order chi connectivity index (χ1) is 11.0. The molecule has 2 aromatic rings. The monoisotopic (exact) mass is 334 g/mol. The molecule has 0 aliphatic carbocycles. The lowest BCUT2D eigenvalue weighted by atomic mass is 10.1. The molecule has 1 heterocycles. The summed E-state index contributed by atoms with van der Waals surface area (Å²) in [6.07, 6.45) is 0. The minimum Gasteiger partial charge on any atom is -0.493 e. The molecule has 8 nitrogen and oxygen atoms in total. The minimum absolute atomic E-state index is 0.178. The number of carbonyl (C=O) groups is 1. The number of aromatic amines is 1. The van der Waals surface area contributed by atoms with Gasteiger partial charge in [0.25, 0.3) is 5.56 Å². The zero-order chi connectivity index (χ0) is 16.8. The Morgan fingerprint density at radius 3 is 2.65 bits per heavy atom. The number of oxime groups is 1. The number of aromatic hydroxyl groups is 1. The lowest BCUT2D eigenvalue weighted by Crippen LogP contribution is -2.10. The van der Waals surface area contributed by atoms with E-state index in [4.69, 9.17) is 5.21 Å². The lowest BCUT2D eigenvalue weighted by Gasteiger charge is -2.06. The highest BCUT2D eigenvalue weighted by atomic mass is 32.2. The van der Waals surface area contributed by atoms with E-state index < -0.39 is 5.56 Å². The largest absolute Gasteiger partial charge is 0.493 e. The van der Waals surface area contributed by atoms with Crippen LogP contribution >= 0.6 is 11.8 Å². The summed E-state index contributed by atoms with van der Waals surface area (Å²) < 4.78 is 0. The molecule has 120 valence electrons. The normalized spacial score (nSPS) is 11.3. The number of benzene rings is 1. The van der Waals surface area contributed by atoms with E-state index in [-0.39, 0.29) is 22.7 Å². The second-order valence-electron chi connectivity index (χ2n) is 4.50. The number of nitrogens with one attached hydrogen (secondary N) is 2. The molecule has 0 unspecified atom stereocenters. The fourth-order valence-corrected chi connectivity index (χ4v) is 2.58. The number of nitrogens with zero attached hydrogens (tertiary/aromatic N) is 2. The molecule has 0 saturated carbocycles. The van der Waals surface area contributed by atoms with Crippen LogP contribution in [-0.2, 0) is 4.79 Å². The van der Waals surface area contributed by atoms with Crippen molar-refractivity contribution in [2.24, 2.45) is 5.16 Å². The molecular formula is C14H14N4O4S. The van der Waals surface area contributed by atoms with Gasteiger partial charge in [-0.3, -0.25) is 9.59 Å². The molecule has 1 aromatic carbocycles. The van der Waals surface area contributed by atoms with Crippen molar-refractivity contribution in [1.29, 1.82) is 0 Å². The topological polar surface area (TPSA) is 128 Å². The molecule has 0 spiro atoms. The molecule has 1 aromatic heterocycles. The molecule has 0 aliphatic heterocycles. The highest BCUT2D eigenvalue weighted by molar-refractivity contribution is 7.99. The Labute approximate surface area is 135 Å². The highest BCUT2D eigenvalue weighted by Gasteiger charge is 2.08. The van der Waals surface area contributed by atoms with E-state index in [0.29, 0.717) is 17.0 Å². The van der Waals surface area contributed by atoms with E-state index in [1.54, 1.807) is 24.3 Å². The lowest BCUT2D eigenvalue weighted by molar-refractivity contribution is -0.114. The van der Waals surface area contributed by atoms with Gasteiger partial charge in [0.15, 0.2) is 5.16 Å². The van der Waals surface area contributed by atoms with Crippen molar-refractivity contribution in [2.45, 2.75) is 12.1 Å². The number of rotatable bonds is 5. The van der Waals surface area contributed by atoms with Crippen LogP contribution in [0.4, 0.5) is 5.69 Å². The second-order valence-corrected chi connectivity index (χ2v) is 5.47. The van der Waals surface area contributed by atoms with Crippen LogP contribution in [0.2, 0.25) is 0 Å². The van der Waals surface area contributed by atoms with E-state index in [9.17, 15) is 14.7 Å². The molecule has 1 amide bonds. The average molecular weight is 334 g/mol. The Morgan fingerprint density at radius 1 is 1.39 bits per heavy atom. The Bertz CT molecular complexity index is 786. The van der Waals surface area contributed by atoms with Gasteiger partial charge in [0.2, 0.25) is 11.8 Å². The Morgan fingerprint density at radius 2 is 2.09 bits per heavy atom. The van der Waals surface area contributed by atoms with Gasteiger partial charge in [-0.05, 0) is 12.1 Å². The Balaban J connectivity index is 2.08. The third-order valence-electron chi connectivity index (χ3n) is 2.71. The summed E-state index contributed by atoms with van der Waals surface area (Å²) in [7, 11) is 0. The van der Waals surface area contributed by atoms with Gasteiger partial charge >= 0.3 is 0 Å².